The zero-order valence-corrected chi connectivity index (χ0v) is 18.4. The number of fused-ring (bicyclic) bond motifs is 1. The Morgan fingerprint density at radius 1 is 1.22 bits per heavy atom. The molecule has 2 N–H and O–H groups in total. The summed E-state index contributed by atoms with van der Waals surface area (Å²) in [6.07, 6.45) is 7.51. The van der Waals surface area contributed by atoms with E-state index in [1.165, 1.54) is 16.5 Å². The second-order valence-corrected chi connectivity index (χ2v) is 6.55. The third-order valence-electron chi connectivity index (χ3n) is 4.65. The minimum absolute atomic E-state index is 0. The molecule has 0 saturated carbocycles. The molecule has 0 amide bonds. The third-order valence-corrected chi connectivity index (χ3v) is 4.65. The van der Waals surface area contributed by atoms with Gasteiger partial charge in [0.2, 0.25) is 0 Å². The topological polar surface area (TPSA) is 50.6 Å². The minimum atomic E-state index is 0. The molecule has 0 fully saturated rings. The first-order valence-electron chi connectivity index (χ1n) is 9.68. The first-order valence-corrected chi connectivity index (χ1v) is 9.68. The van der Waals surface area contributed by atoms with Crippen LogP contribution in [0, 0.1) is 0 Å². The van der Waals surface area contributed by atoms with Crippen LogP contribution in [0.3, 0.4) is 0 Å². The van der Waals surface area contributed by atoms with Crippen molar-refractivity contribution in [3.63, 3.8) is 0 Å². The molecule has 0 spiro atoms. The van der Waals surface area contributed by atoms with Crippen molar-refractivity contribution in [2.45, 2.75) is 32.7 Å². The van der Waals surface area contributed by atoms with E-state index in [4.69, 9.17) is 9.73 Å². The summed E-state index contributed by atoms with van der Waals surface area (Å²) < 4.78 is 7.66. The van der Waals surface area contributed by atoms with Crippen molar-refractivity contribution in [3.05, 3.63) is 48.2 Å². The van der Waals surface area contributed by atoms with Gasteiger partial charge < -0.3 is 19.9 Å². The van der Waals surface area contributed by atoms with E-state index in [1.54, 1.807) is 0 Å². The summed E-state index contributed by atoms with van der Waals surface area (Å²) in [5.74, 6) is 0.914. The van der Waals surface area contributed by atoms with Crippen LogP contribution in [0.2, 0.25) is 0 Å². The lowest BCUT2D eigenvalue weighted by molar-refractivity contribution is 0.153. The van der Waals surface area contributed by atoms with Gasteiger partial charge in [-0.2, -0.15) is 0 Å². The van der Waals surface area contributed by atoms with E-state index < -0.39 is 0 Å². The van der Waals surface area contributed by atoms with Crippen LogP contribution >= 0.6 is 24.0 Å². The minimum Gasteiger partial charge on any atom is -0.377 e. The van der Waals surface area contributed by atoms with Gasteiger partial charge in [0.05, 0.1) is 13.2 Å². The zero-order chi connectivity index (χ0) is 18.0. The van der Waals surface area contributed by atoms with Gasteiger partial charge in [-0.15, -0.1) is 24.0 Å². The molecule has 1 aromatic carbocycles. The van der Waals surface area contributed by atoms with Crippen LogP contribution in [-0.2, 0) is 11.3 Å². The van der Waals surface area contributed by atoms with Crippen LogP contribution in [0.15, 0.2) is 53.2 Å². The quantitative estimate of drug-likeness (QED) is 0.197. The number of halogens is 1. The summed E-state index contributed by atoms with van der Waals surface area (Å²) in [7, 11) is 0. The Hall–Kier alpha value is -1.54. The van der Waals surface area contributed by atoms with Crippen LogP contribution in [0.4, 0.5) is 0 Å². The zero-order valence-electron chi connectivity index (χ0n) is 16.1. The van der Waals surface area contributed by atoms with Crippen LogP contribution < -0.4 is 10.6 Å². The Morgan fingerprint density at radius 2 is 2.11 bits per heavy atom. The standard InChI is InChI=1S/C21H30N4O.HI/c1-2-22-21(24-13-8-18-10-16-26-17-11-18)23-12-5-14-25-15-9-19-6-3-4-7-20(19)25;/h3-4,6-7,9-10,15H,2,5,8,11-14,16-17H2,1H3,(H2,22,23,24);1H. The number of aliphatic imine (C=N–C) groups is 1. The number of aromatic nitrogens is 1. The molecule has 27 heavy (non-hydrogen) atoms. The predicted octanol–water partition coefficient (Wildman–Crippen LogP) is 3.94. The second-order valence-electron chi connectivity index (χ2n) is 6.55. The largest absolute Gasteiger partial charge is 0.377 e. The summed E-state index contributed by atoms with van der Waals surface area (Å²) in [4.78, 5) is 4.71. The molecule has 0 unspecified atom stereocenters. The molecule has 1 aliphatic rings. The van der Waals surface area contributed by atoms with Crippen molar-refractivity contribution >= 4 is 40.8 Å². The Kier molecular flexibility index (Phi) is 9.69. The van der Waals surface area contributed by atoms with Crippen molar-refractivity contribution in [2.24, 2.45) is 4.99 Å². The van der Waals surface area contributed by atoms with E-state index in [0.29, 0.717) is 0 Å². The average molecular weight is 482 g/mol. The van der Waals surface area contributed by atoms with Gasteiger partial charge in [-0.25, -0.2) is 0 Å². The van der Waals surface area contributed by atoms with Crippen molar-refractivity contribution in [1.82, 2.24) is 15.2 Å². The summed E-state index contributed by atoms with van der Waals surface area (Å²) >= 11 is 0. The smallest absolute Gasteiger partial charge is 0.191 e. The highest BCUT2D eigenvalue weighted by Crippen LogP contribution is 2.15. The number of para-hydroxylation sites is 1. The van der Waals surface area contributed by atoms with Crippen molar-refractivity contribution in [2.75, 3.05) is 32.8 Å². The molecule has 3 rings (SSSR count). The molecule has 2 aromatic rings. The molecule has 0 radical (unpaired) electrons. The van der Waals surface area contributed by atoms with E-state index in [2.05, 4.69) is 64.7 Å². The lowest BCUT2D eigenvalue weighted by atomic mass is 10.1. The molecule has 1 aromatic heterocycles. The molecule has 2 heterocycles. The summed E-state index contributed by atoms with van der Waals surface area (Å²) in [6.45, 7) is 7.32. The highest BCUT2D eigenvalue weighted by atomic mass is 127. The summed E-state index contributed by atoms with van der Waals surface area (Å²) in [6, 6.07) is 10.7. The van der Waals surface area contributed by atoms with E-state index >= 15 is 0 Å². The van der Waals surface area contributed by atoms with Crippen molar-refractivity contribution < 1.29 is 4.74 Å². The van der Waals surface area contributed by atoms with Gasteiger partial charge in [-0.05, 0) is 43.7 Å². The number of aryl methyl sites for hydroxylation is 1. The van der Waals surface area contributed by atoms with E-state index in [1.807, 2.05) is 0 Å². The number of ether oxygens (including phenoxy) is 1. The number of nitrogens with one attached hydrogen (secondary N) is 2. The maximum absolute atomic E-state index is 5.35. The fourth-order valence-corrected chi connectivity index (χ4v) is 3.24. The van der Waals surface area contributed by atoms with Crippen LogP contribution in [0.25, 0.3) is 10.9 Å². The molecule has 1 aliphatic heterocycles. The fourth-order valence-electron chi connectivity index (χ4n) is 3.24. The molecule has 0 bridgehead atoms. The Morgan fingerprint density at radius 3 is 2.93 bits per heavy atom. The van der Waals surface area contributed by atoms with E-state index in [-0.39, 0.29) is 24.0 Å². The molecule has 0 atom stereocenters. The maximum Gasteiger partial charge on any atom is 0.191 e. The van der Waals surface area contributed by atoms with Gasteiger partial charge in [-0.1, -0.05) is 29.8 Å². The molecular formula is C21H31IN4O. The second kappa shape index (κ2) is 12.0. The number of hydrogen-bond acceptors (Lipinski definition) is 2. The summed E-state index contributed by atoms with van der Waals surface area (Å²) in [5.41, 5.74) is 2.78. The molecule has 0 aliphatic carbocycles. The Balaban J connectivity index is 0.00000261. The number of nitrogens with zero attached hydrogens (tertiary/aromatic N) is 2. The van der Waals surface area contributed by atoms with Crippen LogP contribution in [-0.4, -0.2) is 43.4 Å². The van der Waals surface area contributed by atoms with Gasteiger partial charge >= 0.3 is 0 Å². The first-order chi connectivity index (χ1) is 12.9. The van der Waals surface area contributed by atoms with Crippen molar-refractivity contribution in [1.29, 1.82) is 0 Å². The average Bonchev–Trinajstić information content (AvgIpc) is 3.09. The van der Waals surface area contributed by atoms with Gasteiger partial charge in [0.25, 0.3) is 0 Å². The Bertz CT molecular complexity index is 753. The van der Waals surface area contributed by atoms with Crippen LogP contribution in [0.1, 0.15) is 26.2 Å². The number of hydrogen-bond donors (Lipinski definition) is 2. The first kappa shape index (κ1) is 21.8. The molecule has 148 valence electrons. The van der Waals surface area contributed by atoms with Gasteiger partial charge in [0.15, 0.2) is 5.96 Å². The third kappa shape index (κ3) is 6.84. The maximum atomic E-state index is 5.35. The van der Waals surface area contributed by atoms with E-state index in [0.717, 1.165) is 64.6 Å². The molecule has 5 nitrogen and oxygen atoms in total. The Labute approximate surface area is 179 Å². The van der Waals surface area contributed by atoms with Crippen molar-refractivity contribution in [3.8, 4) is 0 Å². The SMILES string of the molecule is CCNC(=NCCCn1ccc2ccccc21)NCCC1=CCOCC1.I. The number of guanidine groups is 1. The highest BCUT2D eigenvalue weighted by molar-refractivity contribution is 14.0. The highest BCUT2D eigenvalue weighted by Gasteiger charge is 2.04. The number of benzene rings is 1. The van der Waals surface area contributed by atoms with Crippen LogP contribution in [0.5, 0.6) is 0 Å². The lowest BCUT2D eigenvalue weighted by Crippen LogP contribution is -2.38. The molecule has 0 saturated heterocycles. The van der Waals surface area contributed by atoms with Gasteiger partial charge in [0.1, 0.15) is 0 Å². The van der Waals surface area contributed by atoms with E-state index in [9.17, 15) is 0 Å². The monoisotopic (exact) mass is 482 g/mol. The molecular weight excluding hydrogens is 451 g/mol. The predicted molar refractivity (Wildman–Crippen MR) is 124 cm³/mol. The molecule has 6 heteroatoms. The normalized spacial score (nSPS) is 14.6. The number of rotatable bonds is 8. The lowest BCUT2D eigenvalue weighted by Gasteiger charge is -2.15. The van der Waals surface area contributed by atoms with Gasteiger partial charge in [0, 0.05) is 37.9 Å². The fraction of sp³-hybridized carbons (Fsp3) is 0.476. The van der Waals surface area contributed by atoms with Gasteiger partial charge in [-0.3, -0.25) is 4.99 Å². The summed E-state index contributed by atoms with van der Waals surface area (Å²) in [5, 5.41) is 8.07.